The van der Waals surface area contributed by atoms with Crippen molar-refractivity contribution < 1.29 is 14.3 Å². The van der Waals surface area contributed by atoms with Crippen molar-refractivity contribution in [1.82, 2.24) is 4.57 Å². The summed E-state index contributed by atoms with van der Waals surface area (Å²) in [6.07, 6.45) is 3.11. The summed E-state index contributed by atoms with van der Waals surface area (Å²) >= 11 is 1.53. The molecule has 2 aromatic rings. The summed E-state index contributed by atoms with van der Waals surface area (Å²) in [5, 5.41) is 0. The second kappa shape index (κ2) is 4.87. The van der Waals surface area contributed by atoms with Crippen LogP contribution in [-0.2, 0) is 11.3 Å². The number of ether oxygens (including phenoxy) is 2. The van der Waals surface area contributed by atoms with Crippen molar-refractivity contribution in [2.24, 2.45) is 10.9 Å². The molecule has 21 heavy (non-hydrogen) atoms. The molecule has 1 aliphatic carbocycles. The van der Waals surface area contributed by atoms with Gasteiger partial charge in [0.05, 0.1) is 10.2 Å². The Bertz CT molecular complexity index is 786. The van der Waals surface area contributed by atoms with Gasteiger partial charge in [0.1, 0.15) is 0 Å². The van der Waals surface area contributed by atoms with Crippen molar-refractivity contribution in [3.63, 3.8) is 0 Å². The molecule has 0 spiro atoms. The monoisotopic (exact) mass is 304 g/mol. The molecule has 2 aliphatic rings. The molecule has 0 atom stereocenters. The molecule has 6 heteroatoms. The first-order valence-corrected chi connectivity index (χ1v) is 8.09. The highest BCUT2D eigenvalue weighted by Crippen LogP contribution is 2.37. The van der Waals surface area contributed by atoms with E-state index in [1.807, 2.05) is 12.1 Å². The first-order valence-electron chi connectivity index (χ1n) is 7.28. The quantitative estimate of drug-likeness (QED) is 0.857. The number of carbonyl (C=O) groups is 1. The average molecular weight is 304 g/mol. The number of aryl methyl sites for hydroxylation is 1. The molecule has 0 N–H and O–H groups in total. The van der Waals surface area contributed by atoms with Crippen LogP contribution in [0.25, 0.3) is 10.2 Å². The van der Waals surface area contributed by atoms with Crippen LogP contribution in [0.15, 0.2) is 17.1 Å². The molecular weight excluding hydrogens is 288 g/mol. The summed E-state index contributed by atoms with van der Waals surface area (Å²) in [4.78, 5) is 17.2. The third-order valence-corrected chi connectivity index (χ3v) is 5.19. The molecule has 1 aromatic heterocycles. The lowest BCUT2D eigenvalue weighted by Gasteiger charge is -2.20. The number of benzene rings is 1. The van der Waals surface area contributed by atoms with Gasteiger partial charge in [-0.05, 0) is 19.8 Å². The molecule has 1 amide bonds. The fourth-order valence-corrected chi connectivity index (χ4v) is 3.80. The Labute approximate surface area is 125 Å². The maximum atomic E-state index is 12.1. The minimum Gasteiger partial charge on any atom is -0.454 e. The second-order valence-corrected chi connectivity index (χ2v) is 6.39. The lowest BCUT2D eigenvalue weighted by Crippen LogP contribution is -2.24. The van der Waals surface area contributed by atoms with Crippen molar-refractivity contribution in [1.29, 1.82) is 0 Å². The van der Waals surface area contributed by atoms with Crippen molar-refractivity contribution in [2.45, 2.75) is 32.7 Å². The van der Waals surface area contributed by atoms with Crippen LogP contribution in [0.3, 0.4) is 0 Å². The van der Waals surface area contributed by atoms with E-state index in [1.54, 1.807) is 0 Å². The Balaban J connectivity index is 1.85. The maximum Gasteiger partial charge on any atom is 0.251 e. The van der Waals surface area contributed by atoms with Crippen LogP contribution in [0, 0.1) is 5.92 Å². The molecule has 0 saturated heterocycles. The first kappa shape index (κ1) is 12.9. The Hall–Kier alpha value is -1.82. The van der Waals surface area contributed by atoms with Gasteiger partial charge in [-0.1, -0.05) is 17.8 Å². The Morgan fingerprint density at radius 1 is 1.38 bits per heavy atom. The molecule has 1 aromatic carbocycles. The predicted molar refractivity (Wildman–Crippen MR) is 79.5 cm³/mol. The minimum atomic E-state index is 0.0232. The Kier molecular flexibility index (Phi) is 2.99. The van der Waals surface area contributed by atoms with Gasteiger partial charge in [-0.15, -0.1) is 0 Å². The number of thiazole rings is 1. The highest BCUT2D eigenvalue weighted by molar-refractivity contribution is 7.16. The first-order chi connectivity index (χ1) is 10.3. The lowest BCUT2D eigenvalue weighted by atomic mass is 9.85. The molecule has 110 valence electrons. The average Bonchev–Trinajstić information content (AvgIpc) is 2.96. The molecular formula is C15H16N2O3S. The molecule has 1 fully saturated rings. The topological polar surface area (TPSA) is 52.8 Å². The van der Waals surface area contributed by atoms with E-state index < -0.39 is 0 Å². The van der Waals surface area contributed by atoms with E-state index in [0.29, 0.717) is 0 Å². The van der Waals surface area contributed by atoms with Crippen LogP contribution in [0.2, 0.25) is 0 Å². The largest absolute Gasteiger partial charge is 0.454 e. The summed E-state index contributed by atoms with van der Waals surface area (Å²) in [5.41, 5.74) is 1.05. The van der Waals surface area contributed by atoms with E-state index in [0.717, 1.165) is 52.3 Å². The number of amides is 1. The standard InChI is InChI=1S/C15H16N2O3S/c1-2-17-10-6-11-12(20-8-19-11)7-13(10)21-15(17)16-14(18)9-4-3-5-9/h6-7,9H,2-5,8H2,1H3. The summed E-state index contributed by atoms with van der Waals surface area (Å²) in [5.74, 6) is 1.69. The van der Waals surface area contributed by atoms with E-state index in [-0.39, 0.29) is 18.6 Å². The van der Waals surface area contributed by atoms with Gasteiger partial charge < -0.3 is 14.0 Å². The zero-order valence-corrected chi connectivity index (χ0v) is 12.6. The Morgan fingerprint density at radius 2 is 2.14 bits per heavy atom. The van der Waals surface area contributed by atoms with Gasteiger partial charge in [-0.25, -0.2) is 0 Å². The van der Waals surface area contributed by atoms with Gasteiger partial charge in [0, 0.05) is 24.6 Å². The fourth-order valence-electron chi connectivity index (χ4n) is 2.69. The highest BCUT2D eigenvalue weighted by atomic mass is 32.1. The number of fused-ring (bicyclic) bond motifs is 2. The number of rotatable bonds is 2. The zero-order valence-electron chi connectivity index (χ0n) is 11.8. The van der Waals surface area contributed by atoms with E-state index in [2.05, 4.69) is 16.5 Å². The van der Waals surface area contributed by atoms with Crippen LogP contribution in [-0.4, -0.2) is 17.3 Å². The third-order valence-electron chi connectivity index (χ3n) is 4.15. The van der Waals surface area contributed by atoms with Gasteiger partial charge in [0.15, 0.2) is 16.3 Å². The molecule has 0 bridgehead atoms. The summed E-state index contributed by atoms with van der Waals surface area (Å²) in [7, 11) is 0. The van der Waals surface area contributed by atoms with Gasteiger partial charge in [-0.2, -0.15) is 4.99 Å². The smallest absolute Gasteiger partial charge is 0.251 e. The normalized spacial score (nSPS) is 18.2. The molecule has 4 rings (SSSR count). The van der Waals surface area contributed by atoms with E-state index in [4.69, 9.17) is 9.47 Å². The van der Waals surface area contributed by atoms with Crippen molar-refractivity contribution in [2.75, 3.05) is 6.79 Å². The summed E-state index contributed by atoms with van der Waals surface area (Å²) in [6, 6.07) is 3.95. The van der Waals surface area contributed by atoms with Crippen molar-refractivity contribution >= 4 is 27.5 Å². The van der Waals surface area contributed by atoms with Gasteiger partial charge in [0.2, 0.25) is 6.79 Å². The van der Waals surface area contributed by atoms with E-state index in [1.165, 1.54) is 11.3 Å². The molecule has 1 saturated carbocycles. The van der Waals surface area contributed by atoms with Crippen molar-refractivity contribution in [3.05, 3.63) is 16.9 Å². The van der Waals surface area contributed by atoms with E-state index in [9.17, 15) is 4.79 Å². The number of aromatic nitrogens is 1. The van der Waals surface area contributed by atoms with Crippen LogP contribution < -0.4 is 14.3 Å². The molecule has 2 heterocycles. The van der Waals surface area contributed by atoms with Crippen LogP contribution >= 0.6 is 11.3 Å². The summed E-state index contributed by atoms with van der Waals surface area (Å²) in [6.45, 7) is 3.11. The molecule has 5 nitrogen and oxygen atoms in total. The van der Waals surface area contributed by atoms with Crippen LogP contribution in [0.5, 0.6) is 11.5 Å². The number of hydrogen-bond donors (Lipinski definition) is 0. The van der Waals surface area contributed by atoms with Crippen LogP contribution in [0.4, 0.5) is 0 Å². The second-order valence-electron chi connectivity index (χ2n) is 5.38. The molecule has 1 aliphatic heterocycles. The highest BCUT2D eigenvalue weighted by Gasteiger charge is 2.25. The lowest BCUT2D eigenvalue weighted by molar-refractivity contribution is -0.124. The number of hydrogen-bond acceptors (Lipinski definition) is 4. The van der Waals surface area contributed by atoms with Crippen molar-refractivity contribution in [3.8, 4) is 11.5 Å². The molecule has 0 unspecified atom stereocenters. The zero-order chi connectivity index (χ0) is 14.4. The molecule has 0 radical (unpaired) electrons. The van der Waals surface area contributed by atoms with E-state index >= 15 is 0 Å². The number of nitrogens with zero attached hydrogens (tertiary/aromatic N) is 2. The van der Waals surface area contributed by atoms with Gasteiger partial charge >= 0.3 is 0 Å². The number of carbonyl (C=O) groups excluding carboxylic acids is 1. The van der Waals surface area contributed by atoms with Crippen LogP contribution in [0.1, 0.15) is 26.2 Å². The fraction of sp³-hybridized carbons (Fsp3) is 0.467. The Morgan fingerprint density at radius 3 is 2.81 bits per heavy atom. The third kappa shape index (κ3) is 2.05. The minimum absolute atomic E-state index is 0.0232. The van der Waals surface area contributed by atoms with Gasteiger partial charge in [-0.3, -0.25) is 4.79 Å². The van der Waals surface area contributed by atoms with Gasteiger partial charge in [0.25, 0.3) is 5.91 Å². The predicted octanol–water partition coefficient (Wildman–Crippen LogP) is 2.68. The summed E-state index contributed by atoms with van der Waals surface area (Å²) < 4.78 is 14.0. The maximum absolute atomic E-state index is 12.1. The SMILES string of the molecule is CCn1c(=NC(=O)C2CCC2)sc2cc3c(cc21)OCO3.